The highest BCUT2D eigenvalue weighted by atomic mass is 32.2. The van der Waals surface area contributed by atoms with Crippen molar-refractivity contribution in [1.82, 2.24) is 0 Å². The fraction of sp³-hybridized carbons (Fsp3) is 0.0714. The molecule has 0 bridgehead atoms. The Balaban J connectivity index is 2.54. The summed E-state index contributed by atoms with van der Waals surface area (Å²) in [6, 6.07) is 12.8. The quantitative estimate of drug-likeness (QED) is 0.685. The topological polar surface area (TPSA) is 77.2 Å². The van der Waals surface area contributed by atoms with Gasteiger partial charge in [0.05, 0.1) is 4.90 Å². The van der Waals surface area contributed by atoms with E-state index >= 15 is 0 Å². The molecule has 4 nitrogen and oxygen atoms in total. The van der Waals surface area contributed by atoms with Crippen LogP contribution >= 0.6 is 0 Å². The summed E-state index contributed by atoms with van der Waals surface area (Å²) in [4.78, 5) is 12.4. The molecule has 0 radical (unpaired) electrons. The van der Waals surface area contributed by atoms with Crippen LogP contribution in [0.1, 0.15) is 15.9 Å². The number of nitrogen functional groups attached to an aromatic ring is 1. The summed E-state index contributed by atoms with van der Waals surface area (Å²) in [7, 11) is -3.37. The Kier molecular flexibility index (Phi) is 3.40. The van der Waals surface area contributed by atoms with Crippen molar-refractivity contribution in [3.05, 3.63) is 59.7 Å². The lowest BCUT2D eigenvalue weighted by Gasteiger charge is -2.07. The summed E-state index contributed by atoms with van der Waals surface area (Å²) in [6.07, 6.45) is 1.09. The van der Waals surface area contributed by atoms with E-state index < -0.39 is 9.84 Å². The van der Waals surface area contributed by atoms with Crippen molar-refractivity contribution in [1.29, 1.82) is 0 Å². The van der Waals surface area contributed by atoms with Gasteiger partial charge >= 0.3 is 0 Å². The summed E-state index contributed by atoms with van der Waals surface area (Å²) in [6.45, 7) is 0. The molecule has 5 heteroatoms. The molecule has 98 valence electrons. The molecule has 0 amide bonds. The monoisotopic (exact) mass is 275 g/mol. The maximum atomic E-state index is 12.3. The standard InChI is InChI=1S/C14H13NO3S/c1-19(17,18)11-7-8-13(15)12(9-11)14(16)10-5-3-2-4-6-10/h2-9H,15H2,1H3. The average Bonchev–Trinajstić information content (AvgIpc) is 2.38. The molecule has 2 aromatic carbocycles. The van der Waals surface area contributed by atoms with Gasteiger partial charge in [-0.1, -0.05) is 30.3 Å². The Morgan fingerprint density at radius 2 is 1.68 bits per heavy atom. The SMILES string of the molecule is CS(=O)(=O)c1ccc(N)c(C(=O)c2ccccc2)c1. The van der Waals surface area contributed by atoms with E-state index in [1.807, 2.05) is 0 Å². The highest BCUT2D eigenvalue weighted by molar-refractivity contribution is 7.90. The van der Waals surface area contributed by atoms with Crippen LogP contribution in [0, 0.1) is 0 Å². The summed E-state index contributed by atoms with van der Waals surface area (Å²) in [5.74, 6) is -0.288. The Morgan fingerprint density at radius 3 is 2.26 bits per heavy atom. The molecule has 0 saturated carbocycles. The fourth-order valence-electron chi connectivity index (χ4n) is 1.71. The van der Waals surface area contributed by atoms with Crippen LogP contribution < -0.4 is 5.73 Å². The van der Waals surface area contributed by atoms with E-state index in [1.165, 1.54) is 18.2 Å². The van der Waals surface area contributed by atoms with Gasteiger partial charge < -0.3 is 5.73 Å². The smallest absolute Gasteiger partial charge is 0.195 e. The number of carbonyl (C=O) groups excluding carboxylic acids is 1. The first-order valence-electron chi connectivity index (χ1n) is 5.59. The number of benzene rings is 2. The Labute approximate surface area is 111 Å². The van der Waals surface area contributed by atoms with E-state index in [1.54, 1.807) is 30.3 Å². The lowest BCUT2D eigenvalue weighted by Crippen LogP contribution is -2.07. The summed E-state index contributed by atoms with van der Waals surface area (Å²) >= 11 is 0. The molecule has 2 N–H and O–H groups in total. The van der Waals surface area contributed by atoms with Gasteiger partial charge in [0.25, 0.3) is 0 Å². The number of carbonyl (C=O) groups is 1. The first-order chi connectivity index (χ1) is 8.89. The van der Waals surface area contributed by atoms with Gasteiger partial charge in [-0.15, -0.1) is 0 Å². The third-order valence-corrected chi connectivity index (χ3v) is 3.84. The van der Waals surface area contributed by atoms with Gasteiger partial charge in [-0.05, 0) is 18.2 Å². The van der Waals surface area contributed by atoms with E-state index in [0.29, 0.717) is 5.56 Å². The minimum atomic E-state index is -3.37. The van der Waals surface area contributed by atoms with Crippen molar-refractivity contribution >= 4 is 21.3 Å². The van der Waals surface area contributed by atoms with E-state index in [4.69, 9.17) is 5.73 Å². The average molecular weight is 275 g/mol. The van der Waals surface area contributed by atoms with Crippen LogP contribution in [-0.2, 0) is 9.84 Å². The molecule has 0 atom stereocenters. The van der Waals surface area contributed by atoms with Crippen LogP contribution in [0.4, 0.5) is 5.69 Å². The first kappa shape index (κ1) is 13.3. The minimum Gasteiger partial charge on any atom is -0.398 e. The van der Waals surface area contributed by atoms with Gasteiger partial charge in [-0.2, -0.15) is 0 Å². The predicted octanol–water partition coefficient (Wildman–Crippen LogP) is 1.90. The zero-order valence-electron chi connectivity index (χ0n) is 10.3. The van der Waals surface area contributed by atoms with Gasteiger partial charge in [0.15, 0.2) is 15.6 Å². The number of nitrogens with two attached hydrogens (primary N) is 1. The molecule has 0 heterocycles. The zero-order chi connectivity index (χ0) is 14.0. The van der Waals surface area contributed by atoms with E-state index in [-0.39, 0.29) is 21.9 Å². The van der Waals surface area contributed by atoms with Crippen molar-refractivity contribution in [2.75, 3.05) is 12.0 Å². The van der Waals surface area contributed by atoms with Crippen molar-refractivity contribution < 1.29 is 13.2 Å². The molecule has 19 heavy (non-hydrogen) atoms. The maximum Gasteiger partial charge on any atom is 0.195 e. The van der Waals surface area contributed by atoms with Gasteiger partial charge in [-0.25, -0.2) is 8.42 Å². The highest BCUT2D eigenvalue weighted by Crippen LogP contribution is 2.21. The van der Waals surface area contributed by atoms with Gasteiger partial charge in [0.2, 0.25) is 0 Å². The third kappa shape index (κ3) is 2.82. The van der Waals surface area contributed by atoms with Crippen molar-refractivity contribution in [3.8, 4) is 0 Å². The number of ketones is 1. The molecule has 0 aromatic heterocycles. The molecule has 0 aliphatic carbocycles. The van der Waals surface area contributed by atoms with Crippen LogP contribution in [-0.4, -0.2) is 20.5 Å². The number of hydrogen-bond donors (Lipinski definition) is 1. The van der Waals surface area contributed by atoms with Crippen LogP contribution in [0.3, 0.4) is 0 Å². The highest BCUT2D eigenvalue weighted by Gasteiger charge is 2.16. The second kappa shape index (κ2) is 4.85. The normalized spacial score (nSPS) is 11.2. The summed E-state index contributed by atoms with van der Waals surface area (Å²) in [5.41, 5.74) is 6.70. The molecule has 0 saturated heterocycles. The lowest BCUT2D eigenvalue weighted by atomic mass is 10.0. The summed E-state index contributed by atoms with van der Waals surface area (Å²) in [5, 5.41) is 0. The number of anilines is 1. The van der Waals surface area contributed by atoms with E-state index in [9.17, 15) is 13.2 Å². The maximum absolute atomic E-state index is 12.3. The molecule has 0 fully saturated rings. The van der Waals surface area contributed by atoms with Crippen LogP contribution in [0.5, 0.6) is 0 Å². The second-order valence-corrected chi connectivity index (χ2v) is 6.23. The van der Waals surface area contributed by atoms with Gasteiger partial charge in [0, 0.05) is 23.1 Å². The Hall–Kier alpha value is -2.14. The number of hydrogen-bond acceptors (Lipinski definition) is 4. The van der Waals surface area contributed by atoms with Crippen LogP contribution in [0.2, 0.25) is 0 Å². The molecule has 0 spiro atoms. The molecular formula is C14H13NO3S. The third-order valence-electron chi connectivity index (χ3n) is 2.73. The zero-order valence-corrected chi connectivity index (χ0v) is 11.1. The predicted molar refractivity (Wildman–Crippen MR) is 73.8 cm³/mol. The molecular weight excluding hydrogens is 262 g/mol. The van der Waals surface area contributed by atoms with Crippen molar-refractivity contribution in [2.45, 2.75) is 4.90 Å². The lowest BCUT2D eigenvalue weighted by molar-refractivity contribution is 0.103. The minimum absolute atomic E-state index is 0.0842. The second-order valence-electron chi connectivity index (χ2n) is 4.22. The largest absolute Gasteiger partial charge is 0.398 e. The molecule has 2 rings (SSSR count). The Bertz CT molecular complexity index is 722. The van der Waals surface area contributed by atoms with Crippen molar-refractivity contribution in [2.24, 2.45) is 0 Å². The van der Waals surface area contributed by atoms with Gasteiger partial charge in [-0.3, -0.25) is 4.79 Å². The number of sulfone groups is 1. The fourth-order valence-corrected chi connectivity index (χ4v) is 2.35. The van der Waals surface area contributed by atoms with Crippen LogP contribution in [0.15, 0.2) is 53.4 Å². The number of rotatable bonds is 3. The van der Waals surface area contributed by atoms with Crippen LogP contribution in [0.25, 0.3) is 0 Å². The molecule has 2 aromatic rings. The van der Waals surface area contributed by atoms with Gasteiger partial charge in [0.1, 0.15) is 0 Å². The molecule has 0 unspecified atom stereocenters. The molecule has 0 aliphatic rings. The first-order valence-corrected chi connectivity index (χ1v) is 7.48. The Morgan fingerprint density at radius 1 is 1.05 bits per heavy atom. The van der Waals surface area contributed by atoms with E-state index in [0.717, 1.165) is 6.26 Å². The van der Waals surface area contributed by atoms with Crippen molar-refractivity contribution in [3.63, 3.8) is 0 Å². The summed E-state index contributed by atoms with van der Waals surface area (Å²) < 4.78 is 23.0. The van der Waals surface area contributed by atoms with E-state index in [2.05, 4.69) is 0 Å². The molecule has 0 aliphatic heterocycles.